The average molecular weight is 422 g/mol. The predicted molar refractivity (Wildman–Crippen MR) is 114 cm³/mol. The van der Waals surface area contributed by atoms with Crippen LogP contribution in [0.4, 0.5) is 0 Å². The molecule has 0 bridgehead atoms. The molecule has 1 aliphatic heterocycles. The van der Waals surface area contributed by atoms with Gasteiger partial charge in [0.25, 0.3) is 11.8 Å². The van der Waals surface area contributed by atoms with Gasteiger partial charge in [-0.05, 0) is 23.8 Å². The summed E-state index contributed by atoms with van der Waals surface area (Å²) in [5, 5.41) is 4.02. The van der Waals surface area contributed by atoms with Gasteiger partial charge in [0.15, 0.2) is 6.73 Å². The van der Waals surface area contributed by atoms with Gasteiger partial charge in [-0.25, -0.2) is 4.90 Å². The summed E-state index contributed by atoms with van der Waals surface area (Å²) in [6, 6.07) is 9.98. The van der Waals surface area contributed by atoms with E-state index in [4.69, 9.17) is 9.57 Å². The standard InChI is InChI=1S/C24H26N2O5/c1-24(2)19(14-25-31-13-12-16-8-4-3-5-9-16)20(24)23(29)30-15-26-21(27)17-10-6-7-11-18(17)22(26)28/h3-9,14,19-20H,10-13,15H2,1-2H3/t19-,20-/m0/s1. The number of benzene rings is 1. The van der Waals surface area contributed by atoms with Crippen LogP contribution in [0.2, 0.25) is 0 Å². The summed E-state index contributed by atoms with van der Waals surface area (Å²) in [6.45, 7) is 4.01. The fourth-order valence-electron chi connectivity index (χ4n) is 4.21. The Morgan fingerprint density at radius 1 is 1.13 bits per heavy atom. The lowest BCUT2D eigenvalue weighted by atomic mass is 9.99. The van der Waals surface area contributed by atoms with Gasteiger partial charge in [-0.15, -0.1) is 0 Å². The van der Waals surface area contributed by atoms with Crippen LogP contribution < -0.4 is 0 Å². The molecule has 3 aliphatic rings. The van der Waals surface area contributed by atoms with Gasteiger partial charge in [0.2, 0.25) is 0 Å². The average Bonchev–Trinajstić information content (AvgIpc) is 3.24. The van der Waals surface area contributed by atoms with Gasteiger partial charge in [-0.1, -0.05) is 61.5 Å². The molecule has 0 saturated heterocycles. The van der Waals surface area contributed by atoms with Crippen LogP contribution in [0.25, 0.3) is 0 Å². The molecule has 31 heavy (non-hydrogen) atoms. The van der Waals surface area contributed by atoms with Gasteiger partial charge in [-0.2, -0.15) is 0 Å². The van der Waals surface area contributed by atoms with Gasteiger partial charge in [0.05, 0.1) is 5.92 Å². The van der Waals surface area contributed by atoms with Crippen LogP contribution >= 0.6 is 0 Å². The molecule has 2 amide bonds. The van der Waals surface area contributed by atoms with E-state index in [1.54, 1.807) is 6.21 Å². The van der Waals surface area contributed by atoms with E-state index < -0.39 is 5.97 Å². The van der Waals surface area contributed by atoms with E-state index in [1.807, 2.05) is 56.3 Å². The first kappa shape index (κ1) is 21.0. The second-order valence-corrected chi connectivity index (χ2v) is 8.62. The Hall–Kier alpha value is -3.22. The molecule has 7 heteroatoms. The SMILES string of the molecule is CC1(C)[C@H](C(=O)OCN2C(=O)C3=C(CC=CC3)C2=O)[C@@H]1C=NOCCc1ccccc1. The number of carbonyl (C=O) groups excluding carboxylic acids is 3. The molecule has 162 valence electrons. The molecule has 7 nitrogen and oxygen atoms in total. The van der Waals surface area contributed by atoms with Crippen LogP contribution in [-0.4, -0.2) is 42.2 Å². The monoisotopic (exact) mass is 422 g/mol. The molecule has 0 unspecified atom stereocenters. The highest BCUT2D eigenvalue weighted by atomic mass is 16.6. The van der Waals surface area contributed by atoms with Gasteiger partial charge >= 0.3 is 5.97 Å². The topological polar surface area (TPSA) is 85.3 Å². The third-order valence-corrected chi connectivity index (χ3v) is 6.30. The van der Waals surface area contributed by atoms with E-state index in [9.17, 15) is 14.4 Å². The van der Waals surface area contributed by atoms with Crippen molar-refractivity contribution in [3.63, 3.8) is 0 Å². The molecule has 1 heterocycles. The van der Waals surface area contributed by atoms with E-state index in [-0.39, 0.29) is 35.8 Å². The summed E-state index contributed by atoms with van der Waals surface area (Å²) in [5.74, 6) is -1.66. The molecule has 0 radical (unpaired) electrons. The number of amides is 2. The molecule has 2 aliphatic carbocycles. The number of rotatable bonds is 8. The Morgan fingerprint density at radius 2 is 1.77 bits per heavy atom. The van der Waals surface area contributed by atoms with E-state index >= 15 is 0 Å². The number of hydrogen-bond donors (Lipinski definition) is 0. The lowest BCUT2D eigenvalue weighted by molar-refractivity contribution is -0.156. The number of imide groups is 1. The summed E-state index contributed by atoms with van der Waals surface area (Å²) in [5.41, 5.74) is 1.87. The molecular weight excluding hydrogens is 396 g/mol. The molecular formula is C24H26N2O5. The minimum atomic E-state index is -0.436. The van der Waals surface area contributed by atoms with E-state index in [2.05, 4.69) is 5.16 Å². The van der Waals surface area contributed by atoms with Gasteiger partial charge in [0, 0.05) is 29.7 Å². The molecule has 1 saturated carbocycles. The quantitative estimate of drug-likeness (QED) is 0.161. The van der Waals surface area contributed by atoms with Crippen LogP contribution in [0.15, 0.2) is 58.8 Å². The molecule has 4 rings (SSSR count). The molecule has 2 atom stereocenters. The first-order valence-electron chi connectivity index (χ1n) is 10.5. The zero-order valence-electron chi connectivity index (χ0n) is 17.7. The van der Waals surface area contributed by atoms with Gasteiger partial charge in [0.1, 0.15) is 6.61 Å². The van der Waals surface area contributed by atoms with E-state index in [0.29, 0.717) is 30.6 Å². The Labute approximate surface area is 181 Å². The number of hydrogen-bond acceptors (Lipinski definition) is 6. The molecule has 1 fully saturated rings. The molecule has 0 N–H and O–H groups in total. The normalized spacial score (nSPS) is 24.0. The summed E-state index contributed by atoms with van der Waals surface area (Å²) in [7, 11) is 0. The molecule has 1 aromatic carbocycles. The number of esters is 1. The highest BCUT2D eigenvalue weighted by molar-refractivity contribution is 6.19. The van der Waals surface area contributed by atoms with Crippen molar-refractivity contribution < 1.29 is 24.0 Å². The molecule has 0 spiro atoms. The Bertz CT molecular complexity index is 947. The van der Waals surface area contributed by atoms with Gasteiger partial charge in [-0.3, -0.25) is 14.4 Å². The third kappa shape index (κ3) is 4.17. The summed E-state index contributed by atoms with van der Waals surface area (Å²) in [4.78, 5) is 43.8. The zero-order valence-corrected chi connectivity index (χ0v) is 17.7. The lowest BCUT2D eigenvalue weighted by Crippen LogP contribution is -2.35. The zero-order chi connectivity index (χ0) is 22.0. The minimum absolute atomic E-state index is 0.114. The highest BCUT2D eigenvalue weighted by Gasteiger charge is 2.62. The molecule has 0 aromatic heterocycles. The second kappa shape index (κ2) is 8.49. The fraction of sp³-hybridized carbons (Fsp3) is 0.417. The third-order valence-electron chi connectivity index (χ3n) is 6.30. The van der Waals surface area contributed by atoms with E-state index in [0.717, 1.165) is 11.3 Å². The van der Waals surface area contributed by atoms with Crippen molar-refractivity contribution in [2.45, 2.75) is 33.1 Å². The van der Waals surface area contributed by atoms with E-state index in [1.165, 1.54) is 5.56 Å². The highest BCUT2D eigenvalue weighted by Crippen LogP contribution is 2.57. The number of allylic oxidation sites excluding steroid dienone is 2. The number of carbonyl (C=O) groups is 3. The maximum Gasteiger partial charge on any atom is 0.311 e. The summed E-state index contributed by atoms with van der Waals surface area (Å²) >= 11 is 0. The Balaban J connectivity index is 1.24. The van der Waals surface area contributed by atoms with Gasteiger partial charge < -0.3 is 9.57 Å². The van der Waals surface area contributed by atoms with Crippen molar-refractivity contribution >= 4 is 24.0 Å². The Kier molecular flexibility index (Phi) is 5.76. The number of oxime groups is 1. The second-order valence-electron chi connectivity index (χ2n) is 8.62. The number of ether oxygens (including phenoxy) is 1. The summed E-state index contributed by atoms with van der Waals surface area (Å²) in [6.07, 6.45) is 7.04. The lowest BCUT2D eigenvalue weighted by Gasteiger charge is -2.15. The smallest absolute Gasteiger partial charge is 0.311 e. The van der Waals surface area contributed by atoms with Crippen LogP contribution in [0.3, 0.4) is 0 Å². The van der Waals surface area contributed by atoms with Crippen LogP contribution in [0, 0.1) is 17.3 Å². The largest absolute Gasteiger partial charge is 0.443 e. The van der Waals surface area contributed by atoms with Crippen molar-refractivity contribution in [3.05, 3.63) is 59.2 Å². The van der Waals surface area contributed by atoms with Crippen LogP contribution in [-0.2, 0) is 30.4 Å². The van der Waals surface area contributed by atoms with Crippen molar-refractivity contribution in [2.24, 2.45) is 22.4 Å². The van der Waals surface area contributed by atoms with Crippen molar-refractivity contribution in [2.75, 3.05) is 13.3 Å². The maximum atomic E-state index is 12.6. The predicted octanol–water partition coefficient (Wildman–Crippen LogP) is 3.02. The van der Waals surface area contributed by atoms with Crippen LogP contribution in [0.5, 0.6) is 0 Å². The summed E-state index contributed by atoms with van der Waals surface area (Å²) < 4.78 is 5.34. The number of nitrogens with zero attached hydrogens (tertiary/aromatic N) is 2. The fourth-order valence-corrected chi connectivity index (χ4v) is 4.21. The minimum Gasteiger partial charge on any atom is -0.443 e. The van der Waals surface area contributed by atoms with Crippen molar-refractivity contribution in [1.29, 1.82) is 0 Å². The van der Waals surface area contributed by atoms with Crippen molar-refractivity contribution in [1.82, 2.24) is 4.90 Å². The maximum absolute atomic E-state index is 12.6. The van der Waals surface area contributed by atoms with Crippen molar-refractivity contribution in [3.8, 4) is 0 Å². The van der Waals surface area contributed by atoms with Crippen LogP contribution in [0.1, 0.15) is 32.3 Å². The first-order valence-corrected chi connectivity index (χ1v) is 10.5. The Morgan fingerprint density at radius 3 is 2.42 bits per heavy atom. The first-order chi connectivity index (χ1) is 14.9. The molecule has 1 aromatic rings.